The molecule has 0 heterocycles. The van der Waals surface area contributed by atoms with Crippen molar-refractivity contribution in [2.45, 2.75) is 20.2 Å². The Balaban J connectivity index is 0.00000264. The van der Waals surface area contributed by atoms with Gasteiger partial charge in [-0.05, 0) is 41.2 Å². The highest BCUT2D eigenvalue weighted by atomic mass is 35.5. The first-order valence-corrected chi connectivity index (χ1v) is 6.86. The highest BCUT2D eigenvalue weighted by Crippen LogP contribution is 2.59. The van der Waals surface area contributed by atoms with E-state index in [2.05, 4.69) is 4.74 Å². The standard InChI is InChI=1S/C15H14ClF3O3.ClH/c1-14(2)10(12(14)13(20)21)7-11(16)8-3-5-9(6-4-8)22-15(17,18)19;/h3-7,10,12H,1-2H3,(H,20,21);1H/p-1. The molecule has 1 aliphatic rings. The van der Waals surface area contributed by atoms with Gasteiger partial charge in [0.05, 0.1) is 5.92 Å². The second-order valence-corrected chi connectivity index (χ2v) is 6.16. The molecule has 1 aliphatic carbocycles. The molecule has 0 radical (unpaired) electrons. The van der Waals surface area contributed by atoms with E-state index in [0.717, 1.165) is 12.1 Å². The van der Waals surface area contributed by atoms with Gasteiger partial charge in [0.1, 0.15) is 5.75 Å². The van der Waals surface area contributed by atoms with Crippen LogP contribution in [-0.2, 0) is 4.79 Å². The smallest absolute Gasteiger partial charge is 0.573 e. The Kier molecular flexibility index (Phi) is 5.65. The fraction of sp³-hybridized carbons (Fsp3) is 0.400. The largest absolute Gasteiger partial charge is 1.00 e. The minimum atomic E-state index is -4.74. The average molecular weight is 370 g/mol. The quantitative estimate of drug-likeness (QED) is 0.875. The topological polar surface area (TPSA) is 46.5 Å². The van der Waals surface area contributed by atoms with Crippen molar-refractivity contribution in [2.24, 2.45) is 17.3 Å². The maximum Gasteiger partial charge on any atom is 0.573 e. The Morgan fingerprint density at radius 3 is 2.22 bits per heavy atom. The van der Waals surface area contributed by atoms with Crippen molar-refractivity contribution in [3.63, 3.8) is 0 Å². The molecule has 0 amide bonds. The Hall–Kier alpha value is -1.40. The zero-order chi connectivity index (χ0) is 16.7. The zero-order valence-corrected chi connectivity index (χ0v) is 13.7. The van der Waals surface area contributed by atoms with E-state index in [1.807, 2.05) is 13.8 Å². The number of rotatable bonds is 4. The lowest BCUT2D eigenvalue weighted by atomic mass is 10.1. The third-order valence-electron chi connectivity index (χ3n) is 3.87. The van der Waals surface area contributed by atoms with E-state index in [9.17, 15) is 18.0 Å². The zero-order valence-electron chi connectivity index (χ0n) is 12.2. The second-order valence-electron chi connectivity index (χ2n) is 5.75. The minimum absolute atomic E-state index is 0. The van der Waals surface area contributed by atoms with Gasteiger partial charge >= 0.3 is 12.3 Å². The number of carboxylic acids is 1. The number of benzene rings is 1. The maximum absolute atomic E-state index is 12.1. The van der Waals surface area contributed by atoms with Gasteiger partial charge in [-0.2, -0.15) is 0 Å². The van der Waals surface area contributed by atoms with E-state index in [-0.39, 0.29) is 29.5 Å². The molecule has 2 unspecified atom stereocenters. The van der Waals surface area contributed by atoms with Crippen molar-refractivity contribution >= 4 is 22.6 Å². The predicted molar refractivity (Wildman–Crippen MR) is 75.4 cm³/mol. The number of carbonyl (C=O) groups is 1. The molecule has 2 rings (SSSR count). The summed E-state index contributed by atoms with van der Waals surface area (Å²) in [5.41, 5.74) is 0.119. The van der Waals surface area contributed by atoms with Crippen molar-refractivity contribution in [1.29, 1.82) is 0 Å². The Morgan fingerprint density at radius 1 is 1.30 bits per heavy atom. The van der Waals surface area contributed by atoms with Crippen LogP contribution in [0.1, 0.15) is 19.4 Å². The van der Waals surface area contributed by atoms with E-state index in [4.69, 9.17) is 16.7 Å². The molecular formula is C15H14Cl2F3O3-. The maximum atomic E-state index is 12.1. The van der Waals surface area contributed by atoms with Gasteiger partial charge in [0.15, 0.2) is 0 Å². The van der Waals surface area contributed by atoms with Crippen molar-refractivity contribution in [2.75, 3.05) is 0 Å². The summed E-state index contributed by atoms with van der Waals surface area (Å²) in [6, 6.07) is 5.10. The summed E-state index contributed by atoms with van der Waals surface area (Å²) in [4.78, 5) is 11.1. The first kappa shape index (κ1) is 19.6. The number of alkyl halides is 3. The summed E-state index contributed by atoms with van der Waals surface area (Å²) in [5, 5.41) is 9.40. The summed E-state index contributed by atoms with van der Waals surface area (Å²) >= 11 is 6.13. The van der Waals surface area contributed by atoms with Gasteiger partial charge in [-0.3, -0.25) is 4.79 Å². The van der Waals surface area contributed by atoms with E-state index in [0.29, 0.717) is 10.6 Å². The molecule has 128 valence electrons. The summed E-state index contributed by atoms with van der Waals surface area (Å²) in [6.45, 7) is 3.66. The second kappa shape index (κ2) is 6.61. The first-order valence-electron chi connectivity index (χ1n) is 6.48. The fourth-order valence-corrected chi connectivity index (χ4v) is 2.79. The van der Waals surface area contributed by atoms with Crippen LogP contribution in [0.3, 0.4) is 0 Å². The highest BCUT2D eigenvalue weighted by molar-refractivity contribution is 6.48. The third-order valence-corrected chi connectivity index (χ3v) is 4.21. The van der Waals surface area contributed by atoms with E-state index >= 15 is 0 Å². The van der Waals surface area contributed by atoms with Gasteiger partial charge in [0, 0.05) is 5.03 Å². The van der Waals surface area contributed by atoms with Crippen molar-refractivity contribution in [3.8, 4) is 5.75 Å². The van der Waals surface area contributed by atoms with Crippen LogP contribution in [0.2, 0.25) is 0 Å². The molecule has 0 aliphatic heterocycles. The average Bonchev–Trinajstić information content (AvgIpc) is 2.89. The van der Waals surface area contributed by atoms with E-state index in [1.54, 1.807) is 6.08 Å². The molecule has 0 bridgehead atoms. The lowest BCUT2D eigenvalue weighted by Crippen LogP contribution is -3.00. The van der Waals surface area contributed by atoms with Crippen LogP contribution in [0.4, 0.5) is 13.2 Å². The Labute approximate surface area is 142 Å². The van der Waals surface area contributed by atoms with E-state index in [1.165, 1.54) is 12.1 Å². The lowest BCUT2D eigenvalue weighted by Gasteiger charge is -2.09. The van der Waals surface area contributed by atoms with Crippen LogP contribution in [0, 0.1) is 17.3 Å². The molecule has 2 atom stereocenters. The normalized spacial score (nSPS) is 23.0. The predicted octanol–water partition coefficient (Wildman–Crippen LogP) is 1.53. The van der Waals surface area contributed by atoms with E-state index < -0.39 is 18.2 Å². The van der Waals surface area contributed by atoms with Gasteiger partial charge < -0.3 is 22.3 Å². The third kappa shape index (κ3) is 4.54. The summed E-state index contributed by atoms with van der Waals surface area (Å²) in [7, 11) is 0. The molecule has 23 heavy (non-hydrogen) atoms. The molecule has 1 aromatic carbocycles. The van der Waals surface area contributed by atoms with Crippen LogP contribution < -0.4 is 17.1 Å². The number of ether oxygens (including phenoxy) is 1. The first-order chi connectivity index (χ1) is 10.0. The van der Waals surface area contributed by atoms with Crippen LogP contribution in [0.25, 0.3) is 5.03 Å². The summed E-state index contributed by atoms with van der Waals surface area (Å²) in [5.74, 6) is -1.93. The number of carboxylic acid groups (broad SMARTS) is 1. The molecule has 0 aromatic heterocycles. The van der Waals surface area contributed by atoms with Gasteiger partial charge in [-0.15, -0.1) is 13.2 Å². The number of aliphatic carboxylic acids is 1. The highest BCUT2D eigenvalue weighted by Gasteiger charge is 2.61. The minimum Gasteiger partial charge on any atom is -1.00 e. The lowest BCUT2D eigenvalue weighted by molar-refractivity contribution is -0.274. The van der Waals surface area contributed by atoms with Crippen LogP contribution in [-0.4, -0.2) is 17.4 Å². The molecule has 0 spiro atoms. The van der Waals surface area contributed by atoms with Crippen molar-refractivity contribution in [1.82, 2.24) is 0 Å². The van der Waals surface area contributed by atoms with Gasteiger partial charge in [-0.25, -0.2) is 0 Å². The molecule has 1 N–H and O–H groups in total. The van der Waals surface area contributed by atoms with Crippen molar-refractivity contribution in [3.05, 3.63) is 35.9 Å². The number of hydrogen-bond acceptors (Lipinski definition) is 2. The van der Waals surface area contributed by atoms with Crippen LogP contribution >= 0.6 is 11.6 Å². The molecule has 0 saturated heterocycles. The van der Waals surface area contributed by atoms with Gasteiger partial charge in [-0.1, -0.05) is 31.5 Å². The molecule has 8 heteroatoms. The molecule has 1 fully saturated rings. The summed E-state index contributed by atoms with van der Waals surface area (Å²) < 4.78 is 40.0. The Bertz CT molecular complexity index is 609. The number of hydrogen-bond donors (Lipinski definition) is 1. The summed E-state index contributed by atoms with van der Waals surface area (Å²) in [6.07, 6.45) is -3.10. The number of halogens is 5. The molecular weight excluding hydrogens is 356 g/mol. The van der Waals surface area contributed by atoms with Crippen LogP contribution in [0.5, 0.6) is 5.75 Å². The van der Waals surface area contributed by atoms with Gasteiger partial charge in [0.2, 0.25) is 0 Å². The van der Waals surface area contributed by atoms with Gasteiger partial charge in [0.25, 0.3) is 0 Å². The molecule has 3 nitrogen and oxygen atoms in total. The molecule has 1 aromatic rings. The molecule has 1 saturated carbocycles. The fourth-order valence-electron chi connectivity index (χ4n) is 2.53. The Morgan fingerprint density at radius 2 is 1.83 bits per heavy atom. The number of allylic oxidation sites excluding steroid dienone is 1. The van der Waals surface area contributed by atoms with Crippen molar-refractivity contribution < 1.29 is 40.2 Å². The van der Waals surface area contributed by atoms with Crippen LogP contribution in [0.15, 0.2) is 30.3 Å². The monoisotopic (exact) mass is 369 g/mol. The SMILES string of the molecule is CC1(C)C(C=C(Cl)c2ccc(OC(F)(F)F)cc2)C1C(=O)O.[Cl-].